The third-order valence-electron chi connectivity index (χ3n) is 1.90. The topological polar surface area (TPSA) is 23.8 Å². The lowest BCUT2D eigenvalue weighted by Crippen LogP contribution is -1.85. The van der Waals surface area contributed by atoms with E-state index in [1.54, 1.807) is 0 Å². The summed E-state index contributed by atoms with van der Waals surface area (Å²) < 4.78 is 0. The largest absolute Gasteiger partial charge is 0.198 e. The molecule has 0 spiro atoms. The van der Waals surface area contributed by atoms with Crippen molar-refractivity contribution in [2.75, 3.05) is 5.33 Å². The smallest absolute Gasteiger partial charge is 0.0669 e. The van der Waals surface area contributed by atoms with E-state index in [9.17, 15) is 0 Å². The fourth-order valence-corrected chi connectivity index (χ4v) is 1.48. The van der Waals surface area contributed by atoms with Gasteiger partial charge in [0.25, 0.3) is 0 Å². The number of rotatable bonds is 4. The average Bonchev–Trinajstić information content (AvgIpc) is 2.21. The van der Waals surface area contributed by atoms with Gasteiger partial charge in [-0.15, -0.1) is 0 Å². The van der Waals surface area contributed by atoms with Crippen molar-refractivity contribution in [2.45, 2.75) is 12.8 Å². The summed E-state index contributed by atoms with van der Waals surface area (Å²) in [6.45, 7) is 0. The maximum atomic E-state index is 8.63. The minimum atomic E-state index is 0.481. The van der Waals surface area contributed by atoms with Gasteiger partial charge in [0, 0.05) is 5.33 Å². The molecule has 0 saturated carbocycles. The van der Waals surface area contributed by atoms with Crippen LogP contribution in [0.5, 0.6) is 0 Å². The van der Waals surface area contributed by atoms with Crippen LogP contribution in [0, 0.1) is 11.3 Å². The second-order valence-corrected chi connectivity index (χ2v) is 3.71. The van der Waals surface area contributed by atoms with Crippen LogP contribution in [0.15, 0.2) is 30.3 Å². The van der Waals surface area contributed by atoms with Crippen LogP contribution < -0.4 is 0 Å². The van der Waals surface area contributed by atoms with Gasteiger partial charge >= 0.3 is 0 Å². The molecule has 0 heterocycles. The van der Waals surface area contributed by atoms with Crippen molar-refractivity contribution in [3.8, 4) is 6.07 Å². The zero-order valence-corrected chi connectivity index (χ0v) is 9.50. The standard InChI is InChI=1S/C12H12BrN/c13-9-4-3-7-11-5-1-2-6-12(11)8-10-14/h1-3,5-7H,4,8-9H2. The minimum absolute atomic E-state index is 0.481. The number of benzene rings is 1. The molecule has 1 nitrogen and oxygen atoms in total. The highest BCUT2D eigenvalue weighted by Gasteiger charge is 1.96. The Morgan fingerprint density at radius 2 is 2.14 bits per heavy atom. The lowest BCUT2D eigenvalue weighted by Gasteiger charge is -2.00. The summed E-state index contributed by atoms with van der Waals surface area (Å²) in [6.07, 6.45) is 5.69. The summed E-state index contributed by atoms with van der Waals surface area (Å²) in [7, 11) is 0. The average molecular weight is 250 g/mol. The molecule has 0 aliphatic rings. The predicted molar refractivity (Wildman–Crippen MR) is 63.2 cm³/mol. The van der Waals surface area contributed by atoms with E-state index in [1.165, 1.54) is 0 Å². The van der Waals surface area contributed by atoms with E-state index in [4.69, 9.17) is 5.26 Å². The number of allylic oxidation sites excluding steroid dienone is 1. The highest BCUT2D eigenvalue weighted by atomic mass is 79.9. The maximum absolute atomic E-state index is 8.63. The van der Waals surface area contributed by atoms with Gasteiger partial charge in [-0.2, -0.15) is 5.26 Å². The van der Waals surface area contributed by atoms with Crippen LogP contribution in [0.25, 0.3) is 6.08 Å². The molecule has 0 amide bonds. The molecule has 1 aromatic rings. The van der Waals surface area contributed by atoms with Crippen molar-refractivity contribution in [3.63, 3.8) is 0 Å². The van der Waals surface area contributed by atoms with Crippen molar-refractivity contribution in [1.82, 2.24) is 0 Å². The zero-order chi connectivity index (χ0) is 10.2. The van der Waals surface area contributed by atoms with Crippen LogP contribution in [0.1, 0.15) is 17.5 Å². The Balaban J connectivity index is 2.79. The van der Waals surface area contributed by atoms with E-state index >= 15 is 0 Å². The van der Waals surface area contributed by atoms with Crippen LogP contribution in [-0.4, -0.2) is 5.33 Å². The molecule has 0 radical (unpaired) electrons. The SMILES string of the molecule is N#CCc1ccccc1C=CCCBr. The lowest BCUT2D eigenvalue weighted by atomic mass is 10.0. The van der Waals surface area contributed by atoms with Gasteiger partial charge < -0.3 is 0 Å². The number of halogens is 1. The Morgan fingerprint density at radius 3 is 2.86 bits per heavy atom. The molecule has 0 N–H and O–H groups in total. The molecule has 1 aromatic carbocycles. The van der Waals surface area contributed by atoms with Gasteiger partial charge in [-0.3, -0.25) is 0 Å². The Morgan fingerprint density at radius 1 is 1.36 bits per heavy atom. The summed E-state index contributed by atoms with van der Waals surface area (Å²) in [5.74, 6) is 0. The number of hydrogen-bond donors (Lipinski definition) is 0. The first-order valence-electron chi connectivity index (χ1n) is 4.56. The fraction of sp³-hybridized carbons (Fsp3) is 0.250. The molecule has 0 bridgehead atoms. The van der Waals surface area contributed by atoms with Gasteiger partial charge in [0.05, 0.1) is 12.5 Å². The van der Waals surface area contributed by atoms with Crippen molar-refractivity contribution >= 4 is 22.0 Å². The van der Waals surface area contributed by atoms with Gasteiger partial charge in [0.1, 0.15) is 0 Å². The summed E-state index contributed by atoms with van der Waals surface area (Å²) in [5.41, 5.74) is 2.25. The van der Waals surface area contributed by atoms with Crippen LogP contribution in [0.3, 0.4) is 0 Å². The van der Waals surface area contributed by atoms with Gasteiger partial charge in [-0.25, -0.2) is 0 Å². The molecule has 1 rings (SSSR count). The second-order valence-electron chi connectivity index (χ2n) is 2.91. The Kier molecular flexibility index (Phi) is 5.03. The summed E-state index contributed by atoms with van der Waals surface area (Å²) in [5, 5.41) is 9.61. The van der Waals surface area contributed by atoms with Gasteiger partial charge in [-0.05, 0) is 17.5 Å². The molecule has 0 saturated heterocycles. The molecule has 0 aromatic heterocycles. The van der Waals surface area contributed by atoms with E-state index < -0.39 is 0 Å². The lowest BCUT2D eigenvalue weighted by molar-refractivity contribution is 1.24. The van der Waals surface area contributed by atoms with Gasteiger partial charge in [0.2, 0.25) is 0 Å². The highest BCUT2D eigenvalue weighted by molar-refractivity contribution is 9.09. The molecular formula is C12H12BrN. The number of nitrogens with zero attached hydrogens (tertiary/aromatic N) is 1. The Bertz CT molecular complexity index is 350. The van der Waals surface area contributed by atoms with Crippen molar-refractivity contribution in [1.29, 1.82) is 5.26 Å². The van der Waals surface area contributed by atoms with Crippen molar-refractivity contribution in [3.05, 3.63) is 41.5 Å². The molecule has 14 heavy (non-hydrogen) atoms. The third kappa shape index (κ3) is 3.35. The predicted octanol–water partition coefficient (Wildman–Crippen LogP) is 3.55. The number of hydrogen-bond acceptors (Lipinski definition) is 1. The summed E-state index contributed by atoms with van der Waals surface area (Å²) in [4.78, 5) is 0. The molecule has 0 fully saturated rings. The van der Waals surface area contributed by atoms with E-state index in [1.807, 2.05) is 24.3 Å². The Hall–Kier alpha value is -1.07. The Labute approximate surface area is 93.2 Å². The summed E-state index contributed by atoms with van der Waals surface area (Å²) >= 11 is 3.37. The van der Waals surface area contributed by atoms with Gasteiger partial charge in [-0.1, -0.05) is 52.3 Å². The normalized spacial score (nSPS) is 10.3. The molecule has 0 aliphatic carbocycles. The quantitative estimate of drug-likeness (QED) is 0.749. The number of nitriles is 1. The number of alkyl halides is 1. The zero-order valence-electron chi connectivity index (χ0n) is 7.91. The minimum Gasteiger partial charge on any atom is -0.198 e. The molecule has 72 valence electrons. The highest BCUT2D eigenvalue weighted by Crippen LogP contribution is 2.11. The van der Waals surface area contributed by atoms with E-state index in [2.05, 4.69) is 34.2 Å². The van der Waals surface area contributed by atoms with Crippen LogP contribution in [0.4, 0.5) is 0 Å². The first-order valence-corrected chi connectivity index (χ1v) is 5.68. The van der Waals surface area contributed by atoms with Crippen LogP contribution >= 0.6 is 15.9 Å². The second kappa shape index (κ2) is 6.39. The van der Waals surface area contributed by atoms with E-state index in [0.717, 1.165) is 22.9 Å². The maximum Gasteiger partial charge on any atom is 0.0669 e. The van der Waals surface area contributed by atoms with Crippen LogP contribution in [-0.2, 0) is 6.42 Å². The molecular weight excluding hydrogens is 238 g/mol. The fourth-order valence-electron chi connectivity index (χ4n) is 1.22. The first-order chi connectivity index (χ1) is 6.88. The van der Waals surface area contributed by atoms with E-state index in [-0.39, 0.29) is 0 Å². The molecule has 0 atom stereocenters. The monoisotopic (exact) mass is 249 g/mol. The van der Waals surface area contributed by atoms with Gasteiger partial charge in [0.15, 0.2) is 0 Å². The first kappa shape index (κ1) is 11.0. The van der Waals surface area contributed by atoms with Crippen LogP contribution in [0.2, 0.25) is 0 Å². The molecule has 2 heteroatoms. The van der Waals surface area contributed by atoms with E-state index in [0.29, 0.717) is 6.42 Å². The van der Waals surface area contributed by atoms with Crippen molar-refractivity contribution < 1.29 is 0 Å². The summed E-state index contributed by atoms with van der Waals surface area (Å²) in [6, 6.07) is 10.2. The molecule has 0 unspecified atom stereocenters. The molecule has 0 aliphatic heterocycles. The van der Waals surface area contributed by atoms with Crippen molar-refractivity contribution in [2.24, 2.45) is 0 Å². The third-order valence-corrected chi connectivity index (χ3v) is 2.36.